The summed E-state index contributed by atoms with van der Waals surface area (Å²) >= 11 is 1.24. The minimum atomic E-state index is -0.109. The SMILES string of the molecule is CC(=O)c1ccc(C(=O)NCC(C)N2CCOCC2)s1. The second kappa shape index (κ2) is 6.97. The van der Waals surface area contributed by atoms with Crippen LogP contribution < -0.4 is 5.32 Å². The van der Waals surface area contributed by atoms with E-state index < -0.39 is 0 Å². The maximum Gasteiger partial charge on any atom is 0.261 e. The Labute approximate surface area is 122 Å². The number of hydrogen-bond donors (Lipinski definition) is 1. The summed E-state index contributed by atoms with van der Waals surface area (Å²) in [6.45, 7) is 7.53. The molecule has 0 bridgehead atoms. The molecular formula is C14H20N2O3S. The zero-order chi connectivity index (χ0) is 14.5. The summed E-state index contributed by atoms with van der Waals surface area (Å²) in [5, 5.41) is 2.93. The Hall–Kier alpha value is -1.24. The van der Waals surface area contributed by atoms with Crippen LogP contribution in [0.25, 0.3) is 0 Å². The van der Waals surface area contributed by atoms with Gasteiger partial charge < -0.3 is 10.1 Å². The lowest BCUT2D eigenvalue weighted by Gasteiger charge is -2.32. The fourth-order valence-corrected chi connectivity index (χ4v) is 2.94. The number of nitrogens with zero attached hydrogens (tertiary/aromatic N) is 1. The Bertz CT molecular complexity index is 481. The molecule has 1 saturated heterocycles. The van der Waals surface area contributed by atoms with Gasteiger partial charge in [-0.1, -0.05) is 0 Å². The van der Waals surface area contributed by atoms with Gasteiger partial charge in [-0.15, -0.1) is 11.3 Å². The number of morpholine rings is 1. The van der Waals surface area contributed by atoms with E-state index in [2.05, 4.69) is 17.1 Å². The molecule has 5 nitrogen and oxygen atoms in total. The van der Waals surface area contributed by atoms with Gasteiger partial charge in [-0.25, -0.2) is 0 Å². The third-order valence-corrected chi connectivity index (χ3v) is 4.59. The molecule has 1 aliphatic rings. The number of nitrogens with one attached hydrogen (secondary N) is 1. The minimum Gasteiger partial charge on any atom is -0.379 e. The second-order valence-corrected chi connectivity index (χ2v) is 6.01. The third-order valence-electron chi connectivity index (χ3n) is 3.40. The zero-order valence-electron chi connectivity index (χ0n) is 11.8. The highest BCUT2D eigenvalue weighted by Crippen LogP contribution is 2.16. The van der Waals surface area contributed by atoms with E-state index >= 15 is 0 Å². The van der Waals surface area contributed by atoms with Crippen LogP contribution >= 0.6 is 11.3 Å². The first-order chi connectivity index (χ1) is 9.58. The minimum absolute atomic E-state index is 0.00395. The van der Waals surface area contributed by atoms with Crippen LogP contribution in [0.4, 0.5) is 0 Å². The Morgan fingerprint density at radius 2 is 2.00 bits per heavy atom. The van der Waals surface area contributed by atoms with Gasteiger partial charge in [0.15, 0.2) is 5.78 Å². The molecule has 1 aliphatic heterocycles. The summed E-state index contributed by atoms with van der Waals surface area (Å²) < 4.78 is 5.31. The van der Waals surface area contributed by atoms with Gasteiger partial charge in [0.2, 0.25) is 0 Å². The van der Waals surface area contributed by atoms with Crippen LogP contribution in [0.2, 0.25) is 0 Å². The number of thiophene rings is 1. The van der Waals surface area contributed by atoms with Crippen LogP contribution in [0.15, 0.2) is 12.1 Å². The topological polar surface area (TPSA) is 58.6 Å². The number of amides is 1. The normalized spacial score (nSPS) is 17.7. The molecule has 0 spiro atoms. The summed E-state index contributed by atoms with van der Waals surface area (Å²) in [5.41, 5.74) is 0. The van der Waals surface area contributed by atoms with Crippen molar-refractivity contribution in [3.63, 3.8) is 0 Å². The molecular weight excluding hydrogens is 276 g/mol. The maximum absolute atomic E-state index is 12.0. The Kier molecular flexibility index (Phi) is 5.28. The van der Waals surface area contributed by atoms with Crippen LogP contribution in [-0.2, 0) is 4.74 Å². The first kappa shape index (κ1) is 15.2. The third kappa shape index (κ3) is 3.88. The van der Waals surface area contributed by atoms with Crippen molar-refractivity contribution in [2.75, 3.05) is 32.8 Å². The number of carbonyl (C=O) groups excluding carboxylic acids is 2. The lowest BCUT2D eigenvalue weighted by molar-refractivity contribution is 0.0204. The monoisotopic (exact) mass is 296 g/mol. The quantitative estimate of drug-likeness (QED) is 0.835. The second-order valence-electron chi connectivity index (χ2n) is 4.93. The van der Waals surface area contributed by atoms with Crippen LogP contribution in [0.1, 0.15) is 33.2 Å². The Morgan fingerprint density at radius 1 is 1.35 bits per heavy atom. The number of Topliss-reactive ketones (excluding diaryl/α,β-unsaturated/α-hetero) is 1. The average molecular weight is 296 g/mol. The molecule has 1 amide bonds. The van der Waals surface area contributed by atoms with E-state index in [9.17, 15) is 9.59 Å². The first-order valence-electron chi connectivity index (χ1n) is 6.78. The van der Waals surface area contributed by atoms with Gasteiger partial charge in [0.05, 0.1) is 23.0 Å². The summed E-state index contributed by atoms with van der Waals surface area (Å²) in [5.74, 6) is -0.113. The molecule has 2 rings (SSSR count). The van der Waals surface area contributed by atoms with Crippen LogP contribution in [-0.4, -0.2) is 55.5 Å². The van der Waals surface area contributed by atoms with Crippen molar-refractivity contribution in [2.24, 2.45) is 0 Å². The van der Waals surface area contributed by atoms with Crippen molar-refractivity contribution in [2.45, 2.75) is 19.9 Å². The number of rotatable bonds is 5. The molecule has 6 heteroatoms. The number of carbonyl (C=O) groups is 2. The molecule has 2 heterocycles. The van der Waals surface area contributed by atoms with Gasteiger partial charge in [-0.05, 0) is 26.0 Å². The predicted molar refractivity (Wildman–Crippen MR) is 78.5 cm³/mol. The van der Waals surface area contributed by atoms with Gasteiger partial charge >= 0.3 is 0 Å². The molecule has 1 atom stereocenters. The van der Waals surface area contributed by atoms with Gasteiger partial charge in [0, 0.05) is 25.7 Å². The summed E-state index contributed by atoms with van der Waals surface area (Å²) in [6, 6.07) is 3.69. The van der Waals surface area contributed by atoms with Crippen LogP contribution in [0, 0.1) is 0 Å². The molecule has 1 N–H and O–H groups in total. The van der Waals surface area contributed by atoms with E-state index in [-0.39, 0.29) is 17.7 Å². The largest absolute Gasteiger partial charge is 0.379 e. The van der Waals surface area contributed by atoms with Gasteiger partial charge in [-0.2, -0.15) is 0 Å². The van der Waals surface area contributed by atoms with Crippen LogP contribution in [0.5, 0.6) is 0 Å². The molecule has 110 valence electrons. The maximum atomic E-state index is 12.0. The van der Waals surface area contributed by atoms with Gasteiger partial charge in [-0.3, -0.25) is 14.5 Å². The molecule has 1 fully saturated rings. The van der Waals surface area contributed by atoms with E-state index in [0.29, 0.717) is 16.3 Å². The van der Waals surface area contributed by atoms with Gasteiger partial charge in [0.1, 0.15) is 0 Å². The van der Waals surface area contributed by atoms with E-state index in [0.717, 1.165) is 26.3 Å². The molecule has 1 unspecified atom stereocenters. The molecule has 1 aromatic heterocycles. The first-order valence-corrected chi connectivity index (χ1v) is 7.60. The summed E-state index contributed by atoms with van der Waals surface area (Å²) in [7, 11) is 0. The number of ketones is 1. The van der Waals surface area contributed by atoms with Crippen molar-refractivity contribution in [3.05, 3.63) is 21.9 Å². The van der Waals surface area contributed by atoms with E-state index in [1.807, 2.05) is 0 Å². The molecule has 0 saturated carbocycles. The van der Waals surface area contributed by atoms with E-state index in [1.54, 1.807) is 12.1 Å². The average Bonchev–Trinajstić information content (AvgIpc) is 2.95. The standard InChI is InChI=1S/C14H20N2O3S/c1-10(16-5-7-19-8-6-16)9-15-14(18)13-4-3-12(20-13)11(2)17/h3-4,10H,5-9H2,1-2H3,(H,15,18). The van der Waals surface area contributed by atoms with E-state index in [4.69, 9.17) is 4.74 Å². The molecule has 0 aliphatic carbocycles. The molecule has 0 radical (unpaired) electrons. The highest BCUT2D eigenvalue weighted by atomic mass is 32.1. The lowest BCUT2D eigenvalue weighted by Crippen LogP contribution is -2.47. The number of hydrogen-bond acceptors (Lipinski definition) is 5. The lowest BCUT2D eigenvalue weighted by atomic mass is 10.2. The summed E-state index contributed by atoms with van der Waals surface area (Å²) in [6.07, 6.45) is 0. The van der Waals surface area contributed by atoms with Crippen molar-refractivity contribution in [1.82, 2.24) is 10.2 Å². The highest BCUT2D eigenvalue weighted by Gasteiger charge is 2.18. The fraction of sp³-hybridized carbons (Fsp3) is 0.571. The molecule has 20 heavy (non-hydrogen) atoms. The van der Waals surface area contributed by atoms with Crippen molar-refractivity contribution >= 4 is 23.0 Å². The highest BCUT2D eigenvalue weighted by molar-refractivity contribution is 7.15. The van der Waals surface area contributed by atoms with Gasteiger partial charge in [0.25, 0.3) is 5.91 Å². The van der Waals surface area contributed by atoms with Crippen molar-refractivity contribution < 1.29 is 14.3 Å². The predicted octanol–water partition coefficient (Wildman–Crippen LogP) is 1.40. The van der Waals surface area contributed by atoms with Crippen molar-refractivity contribution in [3.8, 4) is 0 Å². The van der Waals surface area contributed by atoms with E-state index in [1.165, 1.54) is 18.3 Å². The Balaban J connectivity index is 1.83. The molecule has 0 aromatic carbocycles. The molecule has 1 aromatic rings. The number of ether oxygens (including phenoxy) is 1. The zero-order valence-corrected chi connectivity index (χ0v) is 12.7. The van der Waals surface area contributed by atoms with Crippen molar-refractivity contribution in [1.29, 1.82) is 0 Å². The summed E-state index contributed by atoms with van der Waals surface area (Å²) in [4.78, 5) is 26.7. The smallest absolute Gasteiger partial charge is 0.261 e. The van der Waals surface area contributed by atoms with Crippen LogP contribution in [0.3, 0.4) is 0 Å². The fourth-order valence-electron chi connectivity index (χ4n) is 2.12. The Morgan fingerprint density at radius 3 is 2.60 bits per heavy atom.